The molecule has 0 fully saturated rings. The molecule has 0 aliphatic rings. The van der Waals surface area contributed by atoms with Crippen LogP contribution in [0.15, 0.2) is 40.9 Å². The first kappa shape index (κ1) is 11.7. The molecule has 0 spiro atoms. The highest BCUT2D eigenvalue weighted by atomic mass is 35.5. The molecule has 2 heterocycles. The molecular formula is C13H7ClN2O3. The summed E-state index contributed by atoms with van der Waals surface area (Å²) < 4.78 is 5.54. The van der Waals surface area contributed by atoms with Crippen LogP contribution in [0.4, 0.5) is 0 Å². The second kappa shape index (κ2) is 4.37. The molecule has 5 nitrogen and oxygen atoms in total. The number of fused-ring (bicyclic) bond motifs is 1. The molecule has 3 rings (SSSR count). The summed E-state index contributed by atoms with van der Waals surface area (Å²) in [6.45, 7) is 0. The smallest absolute Gasteiger partial charge is 0.335 e. The van der Waals surface area contributed by atoms with Crippen LogP contribution < -0.4 is 0 Å². The predicted octanol–water partition coefficient (Wildman–Crippen LogP) is 3.24. The lowest BCUT2D eigenvalue weighted by Gasteiger charge is -1.95. The summed E-state index contributed by atoms with van der Waals surface area (Å²) in [5, 5.41) is 9.21. The van der Waals surface area contributed by atoms with Gasteiger partial charge in [-0.25, -0.2) is 14.8 Å². The molecule has 0 bridgehead atoms. The summed E-state index contributed by atoms with van der Waals surface area (Å²) in [7, 11) is 0. The second-order valence-corrected chi connectivity index (χ2v) is 4.21. The predicted molar refractivity (Wildman–Crippen MR) is 69.2 cm³/mol. The molecule has 3 aromatic rings. The lowest BCUT2D eigenvalue weighted by atomic mass is 10.2. The average Bonchev–Trinajstić information content (AvgIpc) is 2.81. The maximum Gasteiger partial charge on any atom is 0.335 e. The van der Waals surface area contributed by atoms with E-state index >= 15 is 0 Å². The van der Waals surface area contributed by atoms with E-state index in [-0.39, 0.29) is 10.7 Å². The Morgan fingerprint density at radius 3 is 2.89 bits per heavy atom. The maximum atomic E-state index is 10.9. The Balaban J connectivity index is 2.17. The fraction of sp³-hybridized carbons (Fsp3) is 0. The van der Waals surface area contributed by atoms with Crippen molar-refractivity contribution in [1.82, 2.24) is 9.97 Å². The lowest BCUT2D eigenvalue weighted by Crippen LogP contribution is -1.94. The topological polar surface area (TPSA) is 76.2 Å². The van der Waals surface area contributed by atoms with E-state index in [0.29, 0.717) is 22.6 Å². The van der Waals surface area contributed by atoms with E-state index in [2.05, 4.69) is 9.97 Å². The normalized spacial score (nSPS) is 10.8. The third-order valence-corrected chi connectivity index (χ3v) is 2.93. The van der Waals surface area contributed by atoms with Crippen LogP contribution in [0.3, 0.4) is 0 Å². The number of benzene rings is 1. The number of carboxylic acid groups (broad SMARTS) is 1. The Hall–Kier alpha value is -2.40. The second-order valence-electron chi connectivity index (χ2n) is 3.85. The molecule has 1 N–H and O–H groups in total. The minimum absolute atomic E-state index is 0.157. The largest absolute Gasteiger partial charge is 0.478 e. The fourth-order valence-corrected chi connectivity index (χ4v) is 1.92. The first-order valence-electron chi connectivity index (χ1n) is 5.40. The van der Waals surface area contributed by atoms with E-state index in [9.17, 15) is 4.79 Å². The van der Waals surface area contributed by atoms with Crippen molar-refractivity contribution in [2.75, 3.05) is 0 Å². The van der Waals surface area contributed by atoms with Gasteiger partial charge in [-0.2, -0.15) is 0 Å². The van der Waals surface area contributed by atoms with Crippen LogP contribution in [0.2, 0.25) is 5.15 Å². The highest BCUT2D eigenvalue weighted by molar-refractivity contribution is 6.31. The van der Waals surface area contributed by atoms with Gasteiger partial charge in [-0.3, -0.25) is 0 Å². The van der Waals surface area contributed by atoms with E-state index in [4.69, 9.17) is 21.1 Å². The minimum atomic E-state index is -1.01. The third kappa shape index (κ3) is 2.04. The third-order valence-electron chi connectivity index (χ3n) is 2.62. The van der Waals surface area contributed by atoms with Gasteiger partial charge in [-0.15, -0.1) is 0 Å². The van der Waals surface area contributed by atoms with Crippen molar-refractivity contribution in [3.63, 3.8) is 0 Å². The standard InChI is InChI=1S/C13H7ClN2O3/c14-11-8(2-1-5-15-11)12-16-9-6-7(13(17)18)3-4-10(9)19-12/h1-6H,(H,17,18). The Labute approximate surface area is 112 Å². The number of carbonyl (C=O) groups is 1. The SMILES string of the molecule is O=C(O)c1ccc2oc(-c3cccnc3Cl)nc2c1. The monoisotopic (exact) mass is 274 g/mol. The molecule has 6 heteroatoms. The molecule has 19 heavy (non-hydrogen) atoms. The molecule has 0 aliphatic carbocycles. The van der Waals surface area contributed by atoms with Crippen LogP contribution >= 0.6 is 11.6 Å². The van der Waals surface area contributed by atoms with E-state index in [1.165, 1.54) is 12.1 Å². The number of aromatic carboxylic acids is 1. The first-order chi connectivity index (χ1) is 9.15. The molecular weight excluding hydrogens is 268 g/mol. The van der Waals surface area contributed by atoms with Crippen LogP contribution in [-0.4, -0.2) is 21.0 Å². The van der Waals surface area contributed by atoms with E-state index in [1.807, 2.05) is 0 Å². The summed E-state index contributed by atoms with van der Waals surface area (Å²) in [5.74, 6) is -0.693. The van der Waals surface area contributed by atoms with E-state index in [0.717, 1.165) is 0 Å². The van der Waals surface area contributed by atoms with Gasteiger partial charge in [-0.1, -0.05) is 11.6 Å². The van der Waals surface area contributed by atoms with Gasteiger partial charge in [0.1, 0.15) is 10.7 Å². The zero-order valence-electron chi connectivity index (χ0n) is 9.50. The molecule has 1 aromatic carbocycles. The van der Waals surface area contributed by atoms with Crippen LogP contribution in [-0.2, 0) is 0 Å². The Bertz CT molecular complexity index is 782. The zero-order chi connectivity index (χ0) is 13.4. The zero-order valence-corrected chi connectivity index (χ0v) is 10.3. The van der Waals surface area contributed by atoms with Crippen LogP contribution in [0.25, 0.3) is 22.6 Å². The van der Waals surface area contributed by atoms with E-state index in [1.54, 1.807) is 24.4 Å². The Morgan fingerprint density at radius 2 is 2.16 bits per heavy atom. The van der Waals surface area contributed by atoms with Crippen LogP contribution in [0.1, 0.15) is 10.4 Å². The molecule has 0 atom stereocenters. The quantitative estimate of drug-likeness (QED) is 0.726. The van der Waals surface area contributed by atoms with Crippen molar-refractivity contribution in [1.29, 1.82) is 0 Å². The summed E-state index contributed by atoms with van der Waals surface area (Å²) >= 11 is 5.96. The highest BCUT2D eigenvalue weighted by Gasteiger charge is 2.13. The summed E-state index contributed by atoms with van der Waals surface area (Å²) in [4.78, 5) is 19.1. The van der Waals surface area contributed by atoms with Crippen molar-refractivity contribution >= 4 is 28.7 Å². The maximum absolute atomic E-state index is 10.9. The van der Waals surface area contributed by atoms with Crippen molar-refractivity contribution in [3.05, 3.63) is 47.2 Å². The number of pyridine rings is 1. The number of rotatable bonds is 2. The van der Waals surface area contributed by atoms with Gasteiger partial charge in [0.2, 0.25) is 5.89 Å². The molecule has 0 saturated carbocycles. The Kier molecular flexibility index (Phi) is 2.68. The minimum Gasteiger partial charge on any atom is -0.478 e. The molecule has 0 unspecified atom stereocenters. The van der Waals surface area contributed by atoms with Crippen molar-refractivity contribution in [3.8, 4) is 11.5 Å². The van der Waals surface area contributed by atoms with E-state index < -0.39 is 5.97 Å². The number of aromatic nitrogens is 2. The van der Waals surface area contributed by atoms with Gasteiger partial charge in [0.25, 0.3) is 0 Å². The highest BCUT2D eigenvalue weighted by Crippen LogP contribution is 2.28. The molecule has 2 aromatic heterocycles. The molecule has 0 amide bonds. The first-order valence-corrected chi connectivity index (χ1v) is 5.78. The van der Waals surface area contributed by atoms with Gasteiger partial charge < -0.3 is 9.52 Å². The molecule has 0 aliphatic heterocycles. The number of oxazole rings is 1. The molecule has 0 radical (unpaired) electrons. The average molecular weight is 275 g/mol. The number of carboxylic acids is 1. The summed E-state index contributed by atoms with van der Waals surface area (Å²) in [5.41, 5.74) is 1.69. The summed E-state index contributed by atoms with van der Waals surface area (Å²) in [6.07, 6.45) is 1.57. The van der Waals surface area contributed by atoms with Crippen LogP contribution in [0, 0.1) is 0 Å². The number of hydrogen-bond donors (Lipinski definition) is 1. The Morgan fingerprint density at radius 1 is 1.32 bits per heavy atom. The van der Waals surface area contributed by atoms with Crippen LogP contribution in [0.5, 0.6) is 0 Å². The number of halogens is 1. The lowest BCUT2D eigenvalue weighted by molar-refractivity contribution is 0.0697. The molecule has 94 valence electrons. The number of hydrogen-bond acceptors (Lipinski definition) is 4. The van der Waals surface area contributed by atoms with Crippen molar-refractivity contribution < 1.29 is 14.3 Å². The fourth-order valence-electron chi connectivity index (χ4n) is 1.72. The molecule has 0 saturated heterocycles. The number of nitrogens with zero attached hydrogens (tertiary/aromatic N) is 2. The van der Waals surface area contributed by atoms with Crippen molar-refractivity contribution in [2.24, 2.45) is 0 Å². The van der Waals surface area contributed by atoms with Gasteiger partial charge in [-0.05, 0) is 30.3 Å². The van der Waals surface area contributed by atoms with Gasteiger partial charge in [0.05, 0.1) is 11.1 Å². The van der Waals surface area contributed by atoms with Gasteiger partial charge in [0, 0.05) is 6.20 Å². The summed E-state index contributed by atoms with van der Waals surface area (Å²) in [6, 6.07) is 7.94. The van der Waals surface area contributed by atoms with Gasteiger partial charge >= 0.3 is 5.97 Å². The van der Waals surface area contributed by atoms with Gasteiger partial charge in [0.15, 0.2) is 5.58 Å². The van der Waals surface area contributed by atoms with Crippen molar-refractivity contribution in [2.45, 2.75) is 0 Å².